The third kappa shape index (κ3) is 5.12. The summed E-state index contributed by atoms with van der Waals surface area (Å²) in [6.07, 6.45) is 1.30. The Kier molecular flexibility index (Phi) is 7.33. The average Bonchev–Trinajstić information content (AvgIpc) is 2.77. The molecule has 0 saturated carbocycles. The van der Waals surface area contributed by atoms with Gasteiger partial charge in [0.15, 0.2) is 0 Å². The van der Waals surface area contributed by atoms with Gasteiger partial charge in [-0.25, -0.2) is 14.4 Å². The quantitative estimate of drug-likeness (QED) is 0.693. The Morgan fingerprint density at radius 3 is 2.73 bits per heavy atom. The molecule has 0 aliphatic carbocycles. The second-order valence-corrected chi connectivity index (χ2v) is 7.53. The molecule has 0 unspecified atom stereocenters. The molecule has 30 heavy (non-hydrogen) atoms. The molecule has 1 aromatic carbocycles. The van der Waals surface area contributed by atoms with Crippen LogP contribution in [0.2, 0.25) is 0 Å². The zero-order valence-electron chi connectivity index (χ0n) is 18.1. The number of amides is 1. The minimum absolute atomic E-state index is 0.0844. The molecule has 3 rings (SSSR count). The first-order valence-electron chi connectivity index (χ1n) is 10.3. The molecule has 1 aliphatic rings. The third-order valence-electron chi connectivity index (χ3n) is 5.32. The van der Waals surface area contributed by atoms with Crippen LogP contribution >= 0.6 is 0 Å². The van der Waals surface area contributed by atoms with E-state index in [1.807, 2.05) is 43.8 Å². The molecule has 1 aliphatic heterocycles. The summed E-state index contributed by atoms with van der Waals surface area (Å²) in [6.45, 7) is 7.54. The van der Waals surface area contributed by atoms with Crippen LogP contribution in [0.3, 0.4) is 0 Å². The second kappa shape index (κ2) is 9.95. The fourth-order valence-corrected chi connectivity index (χ4v) is 3.50. The number of ether oxygens (including phenoxy) is 1. The first-order valence-corrected chi connectivity index (χ1v) is 10.3. The van der Waals surface area contributed by atoms with E-state index < -0.39 is 6.10 Å². The fraction of sp³-hybridized carbons (Fsp3) is 0.500. The number of morpholine rings is 1. The van der Waals surface area contributed by atoms with Crippen molar-refractivity contribution in [1.82, 2.24) is 19.8 Å². The van der Waals surface area contributed by atoms with E-state index in [1.54, 1.807) is 12.3 Å². The number of likely N-dealkylation sites (N-methyl/N-ethyl adjacent to an activating group) is 1. The molecule has 7 nitrogen and oxygen atoms in total. The lowest BCUT2D eigenvalue weighted by atomic mass is 10.0. The predicted octanol–water partition coefficient (Wildman–Crippen LogP) is 2.59. The number of rotatable bonds is 7. The maximum atomic E-state index is 13.9. The summed E-state index contributed by atoms with van der Waals surface area (Å²) < 4.78 is 19.9. The molecule has 0 N–H and O–H groups in total. The molecule has 0 bridgehead atoms. The van der Waals surface area contributed by atoms with Crippen molar-refractivity contribution in [3.05, 3.63) is 42.0 Å². The van der Waals surface area contributed by atoms with Crippen LogP contribution in [0.4, 0.5) is 10.3 Å². The number of halogens is 1. The number of benzene rings is 1. The summed E-state index contributed by atoms with van der Waals surface area (Å²) in [6, 6.07) is 6.36. The van der Waals surface area contributed by atoms with E-state index >= 15 is 0 Å². The average molecular weight is 416 g/mol. The molecule has 1 fully saturated rings. The van der Waals surface area contributed by atoms with Gasteiger partial charge >= 0.3 is 0 Å². The Hall–Kier alpha value is -2.58. The smallest absolute Gasteiger partial charge is 0.236 e. The van der Waals surface area contributed by atoms with E-state index in [4.69, 9.17) is 9.72 Å². The van der Waals surface area contributed by atoms with Crippen LogP contribution in [-0.2, 0) is 9.53 Å². The Bertz CT molecular complexity index is 872. The number of hydrogen-bond acceptors (Lipinski definition) is 6. The molecule has 0 spiro atoms. The Balaban J connectivity index is 1.91. The van der Waals surface area contributed by atoms with Gasteiger partial charge in [-0.15, -0.1) is 0 Å². The van der Waals surface area contributed by atoms with Crippen LogP contribution in [0.5, 0.6) is 0 Å². The summed E-state index contributed by atoms with van der Waals surface area (Å²) >= 11 is 0. The number of carbonyl (C=O) groups is 1. The van der Waals surface area contributed by atoms with Gasteiger partial charge in [0.1, 0.15) is 11.9 Å². The minimum Gasteiger partial charge on any atom is -0.368 e. The zero-order chi connectivity index (χ0) is 21.7. The van der Waals surface area contributed by atoms with Crippen molar-refractivity contribution in [2.24, 2.45) is 0 Å². The summed E-state index contributed by atoms with van der Waals surface area (Å²) in [4.78, 5) is 27.7. The van der Waals surface area contributed by atoms with Gasteiger partial charge in [-0.3, -0.25) is 9.69 Å². The molecule has 1 amide bonds. The van der Waals surface area contributed by atoms with Gasteiger partial charge in [-0.05, 0) is 30.8 Å². The summed E-state index contributed by atoms with van der Waals surface area (Å²) in [5.74, 6) is 0.303. The van der Waals surface area contributed by atoms with E-state index in [0.717, 1.165) is 13.1 Å². The first kappa shape index (κ1) is 22.1. The van der Waals surface area contributed by atoms with Crippen molar-refractivity contribution in [1.29, 1.82) is 0 Å². The van der Waals surface area contributed by atoms with Gasteiger partial charge in [0, 0.05) is 32.4 Å². The summed E-state index contributed by atoms with van der Waals surface area (Å²) in [5.41, 5.74) is 2.06. The number of carbonyl (C=O) groups excluding carboxylic acids is 1. The van der Waals surface area contributed by atoms with Crippen molar-refractivity contribution < 1.29 is 13.9 Å². The van der Waals surface area contributed by atoms with Crippen LogP contribution in [0.1, 0.15) is 25.6 Å². The van der Waals surface area contributed by atoms with Crippen molar-refractivity contribution in [3.8, 4) is 11.1 Å². The van der Waals surface area contributed by atoms with Gasteiger partial charge in [0.25, 0.3) is 0 Å². The highest BCUT2D eigenvalue weighted by Gasteiger charge is 2.29. The van der Waals surface area contributed by atoms with Crippen molar-refractivity contribution in [3.63, 3.8) is 0 Å². The molecule has 0 radical (unpaired) electrons. The Morgan fingerprint density at radius 1 is 1.30 bits per heavy atom. The highest BCUT2D eigenvalue weighted by molar-refractivity contribution is 5.78. The maximum Gasteiger partial charge on any atom is 0.236 e. The van der Waals surface area contributed by atoms with Crippen LogP contribution < -0.4 is 4.90 Å². The van der Waals surface area contributed by atoms with Gasteiger partial charge in [0.2, 0.25) is 11.9 Å². The number of aromatic nitrogens is 2. The lowest BCUT2D eigenvalue weighted by Gasteiger charge is -2.34. The number of anilines is 1. The number of hydrogen-bond donors (Lipinski definition) is 0. The lowest BCUT2D eigenvalue weighted by Crippen LogP contribution is -2.46. The SMILES string of the molecule is CCN(CC)CC(=O)N1CCO[C@@H](c2nc(N(C)C)ncc2-c2cccc(F)c2)C1. The number of nitrogens with zero attached hydrogens (tertiary/aromatic N) is 5. The van der Waals surface area contributed by atoms with Crippen molar-refractivity contribution >= 4 is 11.9 Å². The molecule has 1 saturated heterocycles. The molecule has 1 aromatic heterocycles. The molecule has 2 aromatic rings. The van der Waals surface area contributed by atoms with Gasteiger partial charge in [-0.1, -0.05) is 26.0 Å². The summed E-state index contributed by atoms with van der Waals surface area (Å²) in [5, 5.41) is 0. The first-order chi connectivity index (χ1) is 14.4. The van der Waals surface area contributed by atoms with E-state index in [-0.39, 0.29) is 11.7 Å². The van der Waals surface area contributed by atoms with Crippen LogP contribution in [0, 0.1) is 5.82 Å². The standard InChI is InChI=1S/C22H30FN5O2/c1-5-27(6-2)15-20(29)28-10-11-30-19(14-28)21-18(13-24-22(25-21)26(3)4)16-8-7-9-17(23)12-16/h7-9,12-13,19H,5-6,10-11,14-15H2,1-4H3/t19-/m1/s1. The van der Waals surface area contributed by atoms with Crippen molar-refractivity contribution in [2.75, 3.05) is 58.3 Å². The molecule has 8 heteroatoms. The van der Waals surface area contributed by atoms with Gasteiger partial charge in [0.05, 0.1) is 25.4 Å². The normalized spacial score (nSPS) is 16.7. The minimum atomic E-state index is -0.403. The molecular formula is C22H30FN5O2. The third-order valence-corrected chi connectivity index (χ3v) is 5.32. The van der Waals surface area contributed by atoms with Gasteiger partial charge in [-0.2, -0.15) is 0 Å². The largest absolute Gasteiger partial charge is 0.368 e. The van der Waals surface area contributed by atoms with E-state index in [9.17, 15) is 9.18 Å². The van der Waals surface area contributed by atoms with Crippen molar-refractivity contribution in [2.45, 2.75) is 20.0 Å². The van der Waals surface area contributed by atoms with E-state index in [2.05, 4.69) is 9.88 Å². The Labute approximate surface area is 177 Å². The molecule has 2 heterocycles. The van der Waals surface area contributed by atoms with E-state index in [0.29, 0.717) is 49.0 Å². The van der Waals surface area contributed by atoms with Crippen LogP contribution in [0.15, 0.2) is 30.5 Å². The Morgan fingerprint density at radius 2 is 2.07 bits per heavy atom. The molecule has 162 valence electrons. The highest BCUT2D eigenvalue weighted by atomic mass is 19.1. The van der Waals surface area contributed by atoms with Gasteiger partial charge < -0.3 is 14.5 Å². The van der Waals surface area contributed by atoms with E-state index in [1.165, 1.54) is 12.1 Å². The van der Waals surface area contributed by atoms with Crippen LogP contribution in [0.25, 0.3) is 11.1 Å². The fourth-order valence-electron chi connectivity index (χ4n) is 3.50. The lowest BCUT2D eigenvalue weighted by molar-refractivity contribution is -0.140. The summed E-state index contributed by atoms with van der Waals surface area (Å²) in [7, 11) is 3.73. The zero-order valence-corrected chi connectivity index (χ0v) is 18.1. The predicted molar refractivity (Wildman–Crippen MR) is 115 cm³/mol. The highest BCUT2D eigenvalue weighted by Crippen LogP contribution is 2.31. The maximum absolute atomic E-state index is 13.9. The van der Waals surface area contributed by atoms with Crippen LogP contribution in [-0.4, -0.2) is 79.1 Å². The molecule has 1 atom stereocenters. The topological polar surface area (TPSA) is 61.8 Å². The second-order valence-electron chi connectivity index (χ2n) is 7.53. The monoisotopic (exact) mass is 415 g/mol. The molecular weight excluding hydrogens is 385 g/mol.